The van der Waals surface area contributed by atoms with Gasteiger partial charge in [0.05, 0.1) is 71.7 Å². The van der Waals surface area contributed by atoms with Crippen molar-refractivity contribution in [3.8, 4) is 0 Å². The van der Waals surface area contributed by atoms with Gasteiger partial charge in [0.15, 0.2) is 0 Å². The third-order valence-corrected chi connectivity index (χ3v) is 6.97. The normalized spacial score (nSPS) is 14.5. The van der Waals surface area contributed by atoms with Crippen LogP contribution in [0.15, 0.2) is 0 Å². The molecule has 9 nitrogen and oxygen atoms in total. The summed E-state index contributed by atoms with van der Waals surface area (Å²) in [5, 5.41) is 0. The lowest BCUT2D eigenvalue weighted by molar-refractivity contribution is -0.0162. The first kappa shape index (κ1) is 32.9. The van der Waals surface area contributed by atoms with Crippen molar-refractivity contribution in [2.45, 2.75) is 72.8 Å². The molecule has 0 aliphatic carbocycles. The van der Waals surface area contributed by atoms with E-state index in [0.29, 0.717) is 64.7 Å². The lowest BCUT2D eigenvalue weighted by Gasteiger charge is -2.26. The summed E-state index contributed by atoms with van der Waals surface area (Å²) in [5.41, 5.74) is -0.336. The fraction of sp³-hybridized carbons (Fsp3) is 1.00. The van der Waals surface area contributed by atoms with Crippen LogP contribution < -0.4 is 0 Å². The summed E-state index contributed by atoms with van der Waals surface area (Å²) < 4.78 is 49.1. The summed E-state index contributed by atoms with van der Waals surface area (Å²) in [4.78, 5) is 9.65. The minimum absolute atomic E-state index is 0.0292. The van der Waals surface area contributed by atoms with E-state index in [4.69, 9.17) is 32.7 Å². The molecule has 1 atom stereocenters. The first-order chi connectivity index (χ1) is 15.6. The van der Waals surface area contributed by atoms with Gasteiger partial charge in [0, 0.05) is 6.61 Å². The molecule has 33 heavy (non-hydrogen) atoms. The molecule has 0 bridgehead atoms. The van der Waals surface area contributed by atoms with Crippen LogP contribution in [0.25, 0.3) is 0 Å². The number of ether oxygens (including phenoxy) is 5. The minimum atomic E-state index is -4.07. The fourth-order valence-corrected chi connectivity index (χ4v) is 3.63. The summed E-state index contributed by atoms with van der Waals surface area (Å²) in [7, 11) is -4.07. The first-order valence-corrected chi connectivity index (χ1v) is 13.7. The molecule has 1 N–H and O–H groups in total. The maximum Gasteiger partial charge on any atom is 0.472 e. The van der Waals surface area contributed by atoms with E-state index in [2.05, 4.69) is 20.8 Å². The van der Waals surface area contributed by atoms with Gasteiger partial charge >= 0.3 is 7.82 Å². The third-order valence-electron chi connectivity index (χ3n) is 5.74. The van der Waals surface area contributed by atoms with Crippen molar-refractivity contribution < 1.29 is 42.2 Å². The van der Waals surface area contributed by atoms with E-state index in [9.17, 15) is 9.46 Å². The smallest absolute Gasteiger partial charge is 0.379 e. The van der Waals surface area contributed by atoms with Gasteiger partial charge < -0.3 is 28.6 Å². The summed E-state index contributed by atoms with van der Waals surface area (Å²) in [6.07, 6.45) is 4.03. The van der Waals surface area contributed by atoms with Gasteiger partial charge in [-0.3, -0.25) is 9.05 Å². The highest BCUT2D eigenvalue weighted by Crippen LogP contribution is 2.47. The van der Waals surface area contributed by atoms with Gasteiger partial charge in [-0.05, 0) is 32.1 Å². The summed E-state index contributed by atoms with van der Waals surface area (Å²) >= 11 is 0. The van der Waals surface area contributed by atoms with E-state index in [0.717, 1.165) is 13.0 Å². The Labute approximate surface area is 201 Å². The molecule has 1 unspecified atom stereocenters. The predicted octanol–water partition coefficient (Wildman–Crippen LogP) is 4.61. The van der Waals surface area contributed by atoms with Gasteiger partial charge in [-0.15, -0.1) is 0 Å². The number of phosphoric ester groups is 1. The van der Waals surface area contributed by atoms with Crippen LogP contribution in [0.1, 0.15) is 67.2 Å². The SMILES string of the molecule is CCC(C)(CC)CCOCCOCCOCCOCCOCCOP(=O)(O)OC(C)(C)CC. The molecule has 0 heterocycles. The van der Waals surface area contributed by atoms with Crippen LogP contribution in [0.2, 0.25) is 0 Å². The monoisotopic (exact) mass is 500 g/mol. The van der Waals surface area contributed by atoms with Crippen molar-refractivity contribution in [1.82, 2.24) is 0 Å². The van der Waals surface area contributed by atoms with Crippen molar-refractivity contribution in [2.24, 2.45) is 5.41 Å². The average Bonchev–Trinajstić information content (AvgIpc) is 2.77. The first-order valence-electron chi connectivity index (χ1n) is 12.2. The van der Waals surface area contributed by atoms with Gasteiger partial charge in [0.25, 0.3) is 0 Å². The molecule has 0 fully saturated rings. The van der Waals surface area contributed by atoms with Crippen molar-refractivity contribution in [1.29, 1.82) is 0 Å². The molecule has 0 saturated heterocycles. The number of rotatable bonds is 24. The Kier molecular flexibility index (Phi) is 19.1. The molecule has 0 aromatic rings. The van der Waals surface area contributed by atoms with Crippen LogP contribution in [-0.4, -0.2) is 83.2 Å². The molecule has 0 aliphatic heterocycles. The van der Waals surface area contributed by atoms with Crippen LogP contribution in [-0.2, 0) is 37.3 Å². The molecule has 0 aromatic carbocycles. The van der Waals surface area contributed by atoms with E-state index >= 15 is 0 Å². The van der Waals surface area contributed by atoms with Gasteiger partial charge in [0.2, 0.25) is 0 Å². The van der Waals surface area contributed by atoms with E-state index in [-0.39, 0.29) is 13.2 Å². The van der Waals surface area contributed by atoms with Crippen LogP contribution in [0.3, 0.4) is 0 Å². The predicted molar refractivity (Wildman–Crippen MR) is 129 cm³/mol. The Balaban J connectivity index is 3.35. The van der Waals surface area contributed by atoms with Crippen molar-refractivity contribution >= 4 is 7.82 Å². The number of hydrogen-bond donors (Lipinski definition) is 1. The molecule has 0 aliphatic rings. The zero-order valence-electron chi connectivity index (χ0n) is 21.8. The average molecular weight is 501 g/mol. The minimum Gasteiger partial charge on any atom is -0.379 e. The van der Waals surface area contributed by atoms with E-state index in [1.165, 1.54) is 12.8 Å². The molecule has 0 spiro atoms. The maximum absolute atomic E-state index is 11.8. The third kappa shape index (κ3) is 19.9. The molecule has 0 rings (SSSR count). The van der Waals surface area contributed by atoms with Crippen LogP contribution in [0, 0.1) is 5.41 Å². The van der Waals surface area contributed by atoms with Crippen LogP contribution in [0.5, 0.6) is 0 Å². The topological polar surface area (TPSA) is 102 Å². The number of hydrogen-bond acceptors (Lipinski definition) is 8. The second-order valence-corrected chi connectivity index (χ2v) is 10.2. The zero-order chi connectivity index (χ0) is 25.1. The molecular formula is C23H49O9P. The molecule has 10 heteroatoms. The molecule has 0 radical (unpaired) electrons. The van der Waals surface area contributed by atoms with Crippen molar-refractivity contribution in [2.75, 3.05) is 72.7 Å². The Morgan fingerprint density at radius 2 is 0.970 bits per heavy atom. The quantitative estimate of drug-likeness (QED) is 0.150. The van der Waals surface area contributed by atoms with Crippen molar-refractivity contribution in [3.05, 3.63) is 0 Å². The summed E-state index contributed by atoms with van der Waals surface area (Å²) in [6.45, 7) is 17.0. The Bertz CT molecular complexity index is 498. The van der Waals surface area contributed by atoms with Crippen LogP contribution >= 0.6 is 7.82 Å². The van der Waals surface area contributed by atoms with E-state index < -0.39 is 13.4 Å². The molecular weight excluding hydrogens is 451 g/mol. The maximum atomic E-state index is 11.8. The van der Waals surface area contributed by atoms with Crippen LogP contribution in [0.4, 0.5) is 0 Å². The zero-order valence-corrected chi connectivity index (χ0v) is 22.7. The largest absolute Gasteiger partial charge is 0.472 e. The highest BCUT2D eigenvalue weighted by atomic mass is 31.2. The summed E-state index contributed by atoms with van der Waals surface area (Å²) in [5.74, 6) is 0. The second-order valence-electron chi connectivity index (χ2n) is 8.84. The highest BCUT2D eigenvalue weighted by molar-refractivity contribution is 7.47. The van der Waals surface area contributed by atoms with Gasteiger partial charge in [0.1, 0.15) is 0 Å². The Hall–Kier alpha value is -0.0900. The molecule has 0 saturated carbocycles. The van der Waals surface area contributed by atoms with Crippen molar-refractivity contribution in [3.63, 3.8) is 0 Å². The van der Waals surface area contributed by atoms with E-state index in [1.54, 1.807) is 13.8 Å². The lowest BCUT2D eigenvalue weighted by atomic mass is 9.82. The van der Waals surface area contributed by atoms with Gasteiger partial charge in [-0.25, -0.2) is 4.57 Å². The second kappa shape index (κ2) is 19.1. The van der Waals surface area contributed by atoms with E-state index in [1.807, 2.05) is 6.92 Å². The Morgan fingerprint density at radius 1 is 0.606 bits per heavy atom. The molecule has 0 aromatic heterocycles. The lowest BCUT2D eigenvalue weighted by Crippen LogP contribution is -2.22. The standard InChI is InChI=1S/C23H49O9P/c1-7-22(4,5)32-33(24,25)31-21-20-30-19-18-29-17-16-28-15-14-27-13-12-26-11-10-23(6,8-2)9-3/h7-21H2,1-6H3,(H,24,25). The summed E-state index contributed by atoms with van der Waals surface area (Å²) in [6, 6.07) is 0. The fourth-order valence-electron chi connectivity index (χ4n) is 2.52. The van der Waals surface area contributed by atoms with Gasteiger partial charge in [-0.1, -0.05) is 40.5 Å². The van der Waals surface area contributed by atoms with Gasteiger partial charge in [-0.2, -0.15) is 0 Å². The number of phosphoric acid groups is 1. The Morgan fingerprint density at radius 3 is 1.33 bits per heavy atom. The molecule has 0 amide bonds. The highest BCUT2D eigenvalue weighted by Gasteiger charge is 2.30. The molecule has 200 valence electrons.